The summed E-state index contributed by atoms with van der Waals surface area (Å²) in [4.78, 5) is 0. The van der Waals surface area contributed by atoms with Gasteiger partial charge in [0.05, 0.1) is 16.8 Å². The molecule has 0 heterocycles. The first-order valence-corrected chi connectivity index (χ1v) is 7.40. The molecule has 1 aliphatic rings. The van der Waals surface area contributed by atoms with Crippen molar-refractivity contribution in [2.24, 2.45) is 0 Å². The quantitative estimate of drug-likeness (QED) is 0.774. The molecule has 0 fully saturated rings. The van der Waals surface area contributed by atoms with Crippen molar-refractivity contribution in [3.8, 4) is 0 Å². The summed E-state index contributed by atoms with van der Waals surface area (Å²) >= 11 is 9.70. The van der Waals surface area contributed by atoms with Crippen LogP contribution >= 0.6 is 27.5 Å². The number of hydrogen-bond acceptors (Lipinski definition) is 2. The van der Waals surface area contributed by atoms with Crippen molar-refractivity contribution in [1.29, 1.82) is 0 Å². The lowest BCUT2D eigenvalue weighted by Crippen LogP contribution is -2.07. The number of aryl methyl sites for hydroxylation is 1. The van der Waals surface area contributed by atoms with Gasteiger partial charge in [0.1, 0.15) is 0 Å². The van der Waals surface area contributed by atoms with Gasteiger partial charge < -0.3 is 11.1 Å². The maximum absolute atomic E-state index is 6.22. The Morgan fingerprint density at radius 2 is 2.05 bits per heavy atom. The fourth-order valence-corrected chi connectivity index (χ4v) is 3.12. The Kier molecular flexibility index (Phi) is 3.42. The molecule has 3 N–H and O–H groups in total. The highest BCUT2D eigenvalue weighted by Crippen LogP contribution is 2.37. The average Bonchev–Trinajstić information content (AvgIpc) is 2.76. The summed E-state index contributed by atoms with van der Waals surface area (Å²) in [7, 11) is 0. The monoisotopic (exact) mass is 336 g/mol. The van der Waals surface area contributed by atoms with Gasteiger partial charge in [-0.05, 0) is 54.3 Å². The lowest BCUT2D eigenvalue weighted by atomic mass is 10.1. The normalized spacial score (nSPS) is 17.3. The minimum atomic E-state index is 0.308. The molecule has 1 unspecified atom stereocenters. The molecule has 2 aromatic rings. The van der Waals surface area contributed by atoms with E-state index < -0.39 is 0 Å². The molecule has 2 aromatic carbocycles. The maximum atomic E-state index is 6.22. The van der Waals surface area contributed by atoms with Crippen LogP contribution in [-0.2, 0) is 6.42 Å². The number of rotatable bonds is 2. The van der Waals surface area contributed by atoms with E-state index in [9.17, 15) is 0 Å². The Morgan fingerprint density at radius 3 is 2.89 bits per heavy atom. The van der Waals surface area contributed by atoms with Crippen molar-refractivity contribution < 1.29 is 0 Å². The van der Waals surface area contributed by atoms with Gasteiger partial charge in [0.15, 0.2) is 0 Å². The second kappa shape index (κ2) is 5.06. The van der Waals surface area contributed by atoms with E-state index in [4.69, 9.17) is 17.3 Å². The van der Waals surface area contributed by atoms with Gasteiger partial charge in [-0.2, -0.15) is 0 Å². The van der Waals surface area contributed by atoms with Crippen LogP contribution in [0.3, 0.4) is 0 Å². The van der Waals surface area contributed by atoms with Crippen molar-refractivity contribution in [3.63, 3.8) is 0 Å². The fraction of sp³-hybridized carbons (Fsp3) is 0.200. The Balaban J connectivity index is 1.88. The lowest BCUT2D eigenvalue weighted by molar-refractivity contribution is 0.762. The van der Waals surface area contributed by atoms with Gasteiger partial charge in [-0.3, -0.25) is 0 Å². The summed E-state index contributed by atoms with van der Waals surface area (Å²) in [5, 5.41) is 4.27. The van der Waals surface area contributed by atoms with E-state index in [0.29, 0.717) is 6.04 Å². The fourth-order valence-electron chi connectivity index (χ4n) is 2.58. The highest BCUT2D eigenvalue weighted by Gasteiger charge is 2.22. The molecule has 2 nitrogen and oxygen atoms in total. The first-order valence-electron chi connectivity index (χ1n) is 6.23. The van der Waals surface area contributed by atoms with Gasteiger partial charge in [0, 0.05) is 10.2 Å². The molecular formula is C15H14BrClN2. The lowest BCUT2D eigenvalue weighted by Gasteiger charge is -2.17. The summed E-state index contributed by atoms with van der Waals surface area (Å²) in [5.41, 5.74) is 10.3. The van der Waals surface area contributed by atoms with Gasteiger partial charge >= 0.3 is 0 Å². The predicted octanol–water partition coefficient (Wildman–Crippen LogP) is 4.78. The van der Waals surface area contributed by atoms with Gasteiger partial charge in [-0.25, -0.2) is 0 Å². The van der Waals surface area contributed by atoms with E-state index in [1.54, 1.807) is 0 Å². The van der Waals surface area contributed by atoms with E-state index in [1.807, 2.05) is 24.3 Å². The standard InChI is InChI=1S/C15H14BrClN2/c16-10-2-5-13(17)15(8-10)19-14-6-1-9-7-11(18)3-4-12(9)14/h2-5,7-8,14,19H,1,6,18H2. The third-order valence-corrected chi connectivity index (χ3v) is 4.33. The van der Waals surface area contributed by atoms with Gasteiger partial charge in [-0.1, -0.05) is 33.6 Å². The van der Waals surface area contributed by atoms with E-state index >= 15 is 0 Å². The van der Waals surface area contributed by atoms with Crippen molar-refractivity contribution in [2.45, 2.75) is 18.9 Å². The van der Waals surface area contributed by atoms with Crippen LogP contribution in [0.2, 0.25) is 5.02 Å². The molecule has 0 saturated heterocycles. The predicted molar refractivity (Wildman–Crippen MR) is 84.7 cm³/mol. The Bertz CT molecular complexity index is 628. The summed E-state index contributed by atoms with van der Waals surface area (Å²) in [5.74, 6) is 0. The molecule has 98 valence electrons. The van der Waals surface area contributed by atoms with Gasteiger partial charge in [0.25, 0.3) is 0 Å². The number of halogens is 2. The Morgan fingerprint density at radius 1 is 1.21 bits per heavy atom. The SMILES string of the molecule is Nc1ccc2c(c1)CCC2Nc1cc(Br)ccc1Cl. The first-order chi connectivity index (χ1) is 9.13. The second-order valence-corrected chi connectivity index (χ2v) is 6.14. The molecule has 4 heteroatoms. The molecule has 0 spiro atoms. The maximum Gasteiger partial charge on any atom is 0.0638 e. The number of benzene rings is 2. The second-order valence-electron chi connectivity index (χ2n) is 4.82. The van der Waals surface area contributed by atoms with Crippen LogP contribution in [0.25, 0.3) is 0 Å². The molecule has 0 aromatic heterocycles. The Labute approximate surface area is 126 Å². The van der Waals surface area contributed by atoms with Crippen LogP contribution in [0.1, 0.15) is 23.6 Å². The van der Waals surface area contributed by atoms with E-state index in [-0.39, 0.29) is 0 Å². The molecular weight excluding hydrogens is 324 g/mol. The van der Waals surface area contributed by atoms with E-state index in [1.165, 1.54) is 11.1 Å². The number of nitrogens with one attached hydrogen (secondary N) is 1. The highest BCUT2D eigenvalue weighted by molar-refractivity contribution is 9.10. The number of hydrogen-bond donors (Lipinski definition) is 2. The van der Waals surface area contributed by atoms with Gasteiger partial charge in [-0.15, -0.1) is 0 Å². The summed E-state index contributed by atoms with van der Waals surface area (Å²) in [6.07, 6.45) is 2.13. The van der Waals surface area contributed by atoms with Crippen LogP contribution in [0.4, 0.5) is 11.4 Å². The van der Waals surface area contributed by atoms with Crippen LogP contribution in [-0.4, -0.2) is 0 Å². The van der Waals surface area contributed by atoms with Crippen LogP contribution in [0, 0.1) is 0 Å². The average molecular weight is 338 g/mol. The van der Waals surface area contributed by atoms with E-state index in [0.717, 1.165) is 33.7 Å². The zero-order chi connectivity index (χ0) is 13.4. The molecule has 0 bridgehead atoms. The van der Waals surface area contributed by atoms with Crippen LogP contribution < -0.4 is 11.1 Å². The van der Waals surface area contributed by atoms with Crippen LogP contribution in [0.5, 0.6) is 0 Å². The topological polar surface area (TPSA) is 38.0 Å². The summed E-state index contributed by atoms with van der Waals surface area (Å²) in [6, 6.07) is 12.3. The molecule has 3 rings (SSSR count). The third-order valence-electron chi connectivity index (χ3n) is 3.50. The smallest absolute Gasteiger partial charge is 0.0638 e. The third kappa shape index (κ3) is 2.58. The number of anilines is 2. The molecule has 0 radical (unpaired) electrons. The molecule has 19 heavy (non-hydrogen) atoms. The number of nitrogen functional groups attached to an aromatic ring is 1. The van der Waals surface area contributed by atoms with Gasteiger partial charge in [0.2, 0.25) is 0 Å². The largest absolute Gasteiger partial charge is 0.399 e. The minimum absolute atomic E-state index is 0.308. The molecule has 0 aliphatic heterocycles. The van der Waals surface area contributed by atoms with Crippen molar-refractivity contribution >= 4 is 38.9 Å². The van der Waals surface area contributed by atoms with Crippen molar-refractivity contribution in [3.05, 3.63) is 57.0 Å². The summed E-state index contributed by atoms with van der Waals surface area (Å²) in [6.45, 7) is 0. The zero-order valence-electron chi connectivity index (χ0n) is 10.3. The van der Waals surface area contributed by atoms with Crippen molar-refractivity contribution in [1.82, 2.24) is 0 Å². The number of fused-ring (bicyclic) bond motifs is 1. The Hall–Kier alpha value is -1.19. The highest BCUT2D eigenvalue weighted by atomic mass is 79.9. The molecule has 0 amide bonds. The van der Waals surface area contributed by atoms with E-state index in [2.05, 4.69) is 33.4 Å². The first kappa shape index (κ1) is 12.8. The molecule has 1 atom stereocenters. The molecule has 0 saturated carbocycles. The molecule has 1 aliphatic carbocycles. The summed E-state index contributed by atoms with van der Waals surface area (Å²) < 4.78 is 1.02. The zero-order valence-corrected chi connectivity index (χ0v) is 12.6. The van der Waals surface area contributed by atoms with Crippen LogP contribution in [0.15, 0.2) is 40.9 Å². The minimum Gasteiger partial charge on any atom is -0.399 e. The number of nitrogens with two attached hydrogens (primary N) is 1. The van der Waals surface area contributed by atoms with Crippen molar-refractivity contribution in [2.75, 3.05) is 11.1 Å².